The van der Waals surface area contributed by atoms with Crippen molar-refractivity contribution in [1.82, 2.24) is 5.06 Å². The summed E-state index contributed by atoms with van der Waals surface area (Å²) in [6, 6.07) is 3.25. The van der Waals surface area contributed by atoms with Gasteiger partial charge in [0, 0.05) is 12.1 Å². The molecule has 8 heteroatoms. The summed E-state index contributed by atoms with van der Waals surface area (Å²) in [7, 11) is 0. The fraction of sp³-hybridized carbons (Fsp3) is 0.462. The van der Waals surface area contributed by atoms with E-state index in [0.717, 1.165) is 23.3 Å². The highest BCUT2D eigenvalue weighted by Crippen LogP contribution is 2.64. The lowest BCUT2D eigenvalue weighted by Crippen LogP contribution is -2.39. The number of halogens is 4. The number of hydrogen-bond donors (Lipinski definition) is 1. The summed E-state index contributed by atoms with van der Waals surface area (Å²) < 4.78 is 50.3. The van der Waals surface area contributed by atoms with E-state index >= 15 is 0 Å². The zero-order chi connectivity index (χ0) is 15.4. The van der Waals surface area contributed by atoms with Gasteiger partial charge in [-0.1, -0.05) is 0 Å². The van der Waals surface area contributed by atoms with Gasteiger partial charge in [-0.25, -0.2) is 9.18 Å². The quantitative estimate of drug-likeness (QED) is 0.853. The number of phenols is 1. The first-order chi connectivity index (χ1) is 9.75. The number of aromatic hydroxyl groups is 1. The summed E-state index contributed by atoms with van der Waals surface area (Å²) in [5.74, 6) is -3.22. The molecule has 4 nitrogen and oxygen atoms in total. The highest BCUT2D eigenvalue weighted by molar-refractivity contribution is 5.75. The van der Waals surface area contributed by atoms with Crippen LogP contribution in [0.5, 0.6) is 5.75 Å². The van der Waals surface area contributed by atoms with E-state index in [-0.39, 0.29) is 23.8 Å². The van der Waals surface area contributed by atoms with Crippen molar-refractivity contribution in [3.63, 3.8) is 0 Å². The zero-order valence-electron chi connectivity index (χ0n) is 10.7. The predicted molar refractivity (Wildman–Crippen MR) is 61.3 cm³/mol. The Morgan fingerprint density at radius 1 is 1.43 bits per heavy atom. The molecule has 21 heavy (non-hydrogen) atoms. The Morgan fingerprint density at radius 2 is 2.14 bits per heavy atom. The average Bonchev–Trinajstić information content (AvgIpc) is 3.03. The van der Waals surface area contributed by atoms with Gasteiger partial charge in [-0.2, -0.15) is 13.2 Å². The summed E-state index contributed by atoms with van der Waals surface area (Å²) >= 11 is 0. The minimum absolute atomic E-state index is 0.0637. The van der Waals surface area contributed by atoms with Gasteiger partial charge in [-0.3, -0.25) is 0 Å². The molecule has 3 rings (SSSR count). The van der Waals surface area contributed by atoms with Gasteiger partial charge < -0.3 is 9.94 Å². The van der Waals surface area contributed by atoms with Crippen molar-refractivity contribution < 1.29 is 32.3 Å². The van der Waals surface area contributed by atoms with E-state index in [1.807, 2.05) is 0 Å². The molecule has 114 valence electrons. The molecule has 1 aliphatic carbocycles. The third-order valence-electron chi connectivity index (χ3n) is 4.05. The van der Waals surface area contributed by atoms with Gasteiger partial charge in [0.1, 0.15) is 11.6 Å². The van der Waals surface area contributed by atoms with E-state index in [1.54, 1.807) is 0 Å². The molecule has 0 aromatic heterocycles. The van der Waals surface area contributed by atoms with Crippen molar-refractivity contribution in [3.05, 3.63) is 29.6 Å². The lowest BCUT2D eigenvalue weighted by molar-refractivity contribution is -0.247. The Kier molecular flexibility index (Phi) is 2.91. The summed E-state index contributed by atoms with van der Waals surface area (Å²) in [5, 5.41) is 10.8. The summed E-state index contributed by atoms with van der Waals surface area (Å²) in [4.78, 5) is 15.4. The molecular formula is C13H11F4NO3. The lowest BCUT2D eigenvalue weighted by Gasteiger charge is -2.27. The Balaban J connectivity index is 1.90. The number of carbonyl (C=O) groups is 1. The summed E-state index contributed by atoms with van der Waals surface area (Å²) in [6.45, 7) is 0.114. The predicted octanol–water partition coefficient (Wildman–Crippen LogP) is 2.47. The third kappa shape index (κ3) is 2.14. The minimum atomic E-state index is -5.10. The largest absolute Gasteiger partial charge is 0.508 e. The average molecular weight is 305 g/mol. The van der Waals surface area contributed by atoms with Crippen LogP contribution >= 0.6 is 0 Å². The van der Waals surface area contributed by atoms with Gasteiger partial charge in [-0.05, 0) is 37.0 Å². The first-order valence-corrected chi connectivity index (χ1v) is 6.31. The van der Waals surface area contributed by atoms with Crippen molar-refractivity contribution in [2.45, 2.75) is 24.6 Å². The molecule has 1 saturated carbocycles. The smallest absolute Gasteiger partial charge is 0.492 e. The number of hydroxylamine groups is 2. The molecule has 2 fully saturated rings. The second-order valence-electron chi connectivity index (χ2n) is 5.25. The van der Waals surface area contributed by atoms with E-state index in [9.17, 15) is 27.5 Å². The van der Waals surface area contributed by atoms with Crippen molar-refractivity contribution in [2.24, 2.45) is 5.92 Å². The van der Waals surface area contributed by atoms with Crippen LogP contribution < -0.4 is 0 Å². The highest BCUT2D eigenvalue weighted by atomic mass is 19.4. The van der Waals surface area contributed by atoms with Gasteiger partial charge in [0.2, 0.25) is 0 Å². The molecule has 2 aliphatic rings. The summed E-state index contributed by atoms with van der Waals surface area (Å²) in [6.07, 6.45) is -4.17. The molecule has 0 radical (unpaired) electrons. The molecule has 1 aromatic rings. The van der Waals surface area contributed by atoms with Gasteiger partial charge >= 0.3 is 12.1 Å². The Morgan fingerprint density at radius 3 is 2.76 bits per heavy atom. The van der Waals surface area contributed by atoms with Gasteiger partial charge in [-0.15, -0.1) is 5.06 Å². The van der Waals surface area contributed by atoms with Crippen LogP contribution in [0.2, 0.25) is 0 Å². The Hall–Kier alpha value is -1.83. The SMILES string of the molecule is O=C(ON1CCC2CC21c1cc(F)ccc1O)C(F)(F)F. The first-order valence-electron chi connectivity index (χ1n) is 6.31. The molecule has 1 aromatic carbocycles. The Labute approximate surface area is 116 Å². The van der Waals surface area contributed by atoms with Crippen molar-refractivity contribution in [2.75, 3.05) is 6.54 Å². The van der Waals surface area contributed by atoms with Crippen molar-refractivity contribution >= 4 is 5.97 Å². The first kappa shape index (κ1) is 14.1. The molecule has 1 saturated heterocycles. The molecule has 1 aliphatic heterocycles. The number of nitrogens with zero attached hydrogens (tertiary/aromatic N) is 1. The van der Waals surface area contributed by atoms with Gasteiger partial charge in [0.15, 0.2) is 0 Å². The molecule has 2 atom stereocenters. The van der Waals surface area contributed by atoms with Gasteiger partial charge in [0.25, 0.3) is 0 Å². The normalized spacial score (nSPS) is 28.3. The second-order valence-corrected chi connectivity index (χ2v) is 5.25. The molecule has 1 N–H and O–H groups in total. The Bertz CT molecular complexity index is 604. The van der Waals surface area contributed by atoms with E-state index in [0.29, 0.717) is 12.8 Å². The van der Waals surface area contributed by atoms with Crippen molar-refractivity contribution in [3.8, 4) is 5.75 Å². The maximum Gasteiger partial charge on any atom is 0.492 e. The van der Waals surface area contributed by atoms with Gasteiger partial charge in [0.05, 0.1) is 5.54 Å². The molecular weight excluding hydrogens is 294 g/mol. The van der Waals surface area contributed by atoms with Crippen LogP contribution in [0.25, 0.3) is 0 Å². The monoisotopic (exact) mass is 305 g/mol. The number of alkyl halides is 3. The van der Waals surface area contributed by atoms with Crippen LogP contribution in [0.15, 0.2) is 18.2 Å². The number of benzene rings is 1. The van der Waals surface area contributed by atoms with E-state index in [4.69, 9.17) is 0 Å². The number of carbonyl (C=O) groups excluding carboxylic acids is 1. The minimum Gasteiger partial charge on any atom is -0.508 e. The van der Waals surface area contributed by atoms with Crippen LogP contribution in [0.3, 0.4) is 0 Å². The topological polar surface area (TPSA) is 49.8 Å². The van der Waals surface area contributed by atoms with Crippen LogP contribution in [0, 0.1) is 11.7 Å². The molecule has 0 spiro atoms. The van der Waals surface area contributed by atoms with E-state index in [2.05, 4.69) is 4.84 Å². The van der Waals surface area contributed by atoms with Crippen LogP contribution in [-0.2, 0) is 15.2 Å². The maximum atomic E-state index is 13.4. The fourth-order valence-electron chi connectivity index (χ4n) is 3.03. The molecule has 0 amide bonds. The number of piperidine rings is 1. The fourth-order valence-corrected chi connectivity index (χ4v) is 3.03. The van der Waals surface area contributed by atoms with Crippen LogP contribution in [0.1, 0.15) is 18.4 Å². The highest BCUT2D eigenvalue weighted by Gasteiger charge is 2.66. The van der Waals surface area contributed by atoms with E-state index in [1.165, 1.54) is 0 Å². The molecule has 1 heterocycles. The molecule has 0 bridgehead atoms. The standard InChI is InChI=1S/C13H11F4NO3/c14-8-1-2-10(19)9(5-8)12-6-7(12)3-4-18(12)21-11(20)13(15,16)17/h1-2,5,7,19H,3-4,6H2. The van der Waals surface area contributed by atoms with E-state index < -0.39 is 23.5 Å². The number of fused-ring (bicyclic) bond motifs is 1. The number of phenolic OH excluding ortho intramolecular Hbond substituents is 1. The number of hydrogen-bond acceptors (Lipinski definition) is 4. The van der Waals surface area contributed by atoms with Crippen LogP contribution in [0.4, 0.5) is 17.6 Å². The maximum absolute atomic E-state index is 13.4. The second kappa shape index (κ2) is 4.33. The third-order valence-corrected chi connectivity index (χ3v) is 4.05. The van der Waals surface area contributed by atoms with Crippen LogP contribution in [-0.4, -0.2) is 28.9 Å². The molecule has 2 unspecified atom stereocenters. The summed E-state index contributed by atoms with van der Waals surface area (Å²) in [5.41, 5.74) is -0.896. The number of rotatable bonds is 2. The zero-order valence-corrected chi connectivity index (χ0v) is 10.7. The van der Waals surface area contributed by atoms with Crippen molar-refractivity contribution in [1.29, 1.82) is 0 Å². The lowest BCUT2D eigenvalue weighted by atomic mass is 10.0.